The Bertz CT molecular complexity index is 555. The van der Waals surface area contributed by atoms with Gasteiger partial charge < -0.3 is 20.7 Å². The highest BCUT2D eigenvalue weighted by Gasteiger charge is 2.17. The van der Waals surface area contributed by atoms with Gasteiger partial charge in [0.1, 0.15) is 0 Å². The molecule has 1 rings (SSSR count). The van der Waals surface area contributed by atoms with Gasteiger partial charge >= 0.3 is 12.0 Å². The number of likely N-dealkylation sites (N-methyl/N-ethyl adjacent to an activating group) is 1. The quantitative estimate of drug-likeness (QED) is 0.686. The lowest BCUT2D eigenvalue weighted by atomic mass is 10.1. The summed E-state index contributed by atoms with van der Waals surface area (Å²) in [4.78, 5) is 34.7. The van der Waals surface area contributed by atoms with Gasteiger partial charge in [-0.1, -0.05) is 12.1 Å². The third kappa shape index (κ3) is 6.37. The lowest BCUT2D eigenvalue weighted by Gasteiger charge is -2.12. The summed E-state index contributed by atoms with van der Waals surface area (Å²) in [5.74, 6) is -0.937. The van der Waals surface area contributed by atoms with E-state index < -0.39 is 12.1 Å². The molecule has 126 valence electrons. The molecule has 0 spiro atoms. The van der Waals surface area contributed by atoms with E-state index in [9.17, 15) is 14.4 Å². The lowest BCUT2D eigenvalue weighted by Crippen LogP contribution is -2.39. The highest BCUT2D eigenvalue weighted by molar-refractivity contribution is 5.92. The second-order valence-corrected chi connectivity index (χ2v) is 5.34. The monoisotopic (exact) mass is 321 g/mol. The molecule has 3 amide bonds. The van der Waals surface area contributed by atoms with Crippen LogP contribution in [0.15, 0.2) is 24.3 Å². The van der Waals surface area contributed by atoms with Crippen molar-refractivity contribution in [3.8, 4) is 0 Å². The van der Waals surface area contributed by atoms with Crippen LogP contribution >= 0.6 is 0 Å². The first-order valence-corrected chi connectivity index (χ1v) is 7.39. The summed E-state index contributed by atoms with van der Waals surface area (Å²) in [5, 5.41) is 7.84. The summed E-state index contributed by atoms with van der Waals surface area (Å²) in [6.07, 6.45) is -0.853. The van der Waals surface area contributed by atoms with Crippen molar-refractivity contribution in [2.24, 2.45) is 0 Å². The van der Waals surface area contributed by atoms with Crippen molar-refractivity contribution in [3.63, 3.8) is 0 Å². The first-order valence-electron chi connectivity index (χ1n) is 7.39. The van der Waals surface area contributed by atoms with Crippen molar-refractivity contribution >= 4 is 17.9 Å². The zero-order valence-electron chi connectivity index (χ0n) is 13.8. The topological polar surface area (TPSA) is 96.5 Å². The van der Waals surface area contributed by atoms with Crippen molar-refractivity contribution in [1.82, 2.24) is 16.0 Å². The van der Waals surface area contributed by atoms with Crippen molar-refractivity contribution in [3.05, 3.63) is 35.4 Å². The first kappa shape index (κ1) is 18.5. The third-order valence-electron chi connectivity index (χ3n) is 2.96. The van der Waals surface area contributed by atoms with Crippen LogP contribution in [-0.2, 0) is 16.1 Å². The Kier molecular flexibility index (Phi) is 7.05. The summed E-state index contributed by atoms with van der Waals surface area (Å²) >= 11 is 0. The number of nitrogens with one attached hydrogen (secondary N) is 3. The smallest absolute Gasteiger partial charge is 0.338 e. The van der Waals surface area contributed by atoms with E-state index in [0.717, 1.165) is 5.56 Å². The molecule has 1 aromatic rings. The maximum atomic E-state index is 11.9. The Hall–Kier alpha value is -2.57. The molecule has 0 heterocycles. The molecule has 0 aliphatic rings. The van der Waals surface area contributed by atoms with Gasteiger partial charge in [0.25, 0.3) is 5.91 Å². The Morgan fingerprint density at radius 1 is 1.09 bits per heavy atom. The van der Waals surface area contributed by atoms with Crippen molar-refractivity contribution in [1.29, 1.82) is 0 Å². The zero-order chi connectivity index (χ0) is 17.4. The van der Waals surface area contributed by atoms with Crippen LogP contribution in [0, 0.1) is 0 Å². The van der Waals surface area contributed by atoms with E-state index in [1.54, 1.807) is 24.3 Å². The molecule has 0 saturated carbocycles. The highest BCUT2D eigenvalue weighted by Crippen LogP contribution is 2.07. The molecule has 0 bridgehead atoms. The fourth-order valence-corrected chi connectivity index (χ4v) is 1.74. The number of amides is 3. The molecule has 0 saturated heterocycles. The molecule has 0 aliphatic carbocycles. The second kappa shape index (κ2) is 8.77. The molecule has 3 N–H and O–H groups in total. The number of ether oxygens (including phenoxy) is 1. The van der Waals surface area contributed by atoms with E-state index >= 15 is 0 Å². The molecule has 0 radical (unpaired) electrons. The van der Waals surface area contributed by atoms with E-state index in [-0.39, 0.29) is 18.0 Å². The Morgan fingerprint density at radius 2 is 1.70 bits per heavy atom. The summed E-state index contributed by atoms with van der Waals surface area (Å²) in [5.41, 5.74) is 1.19. The summed E-state index contributed by atoms with van der Waals surface area (Å²) in [7, 11) is 1.48. The van der Waals surface area contributed by atoms with Crippen LogP contribution in [-0.4, -0.2) is 37.1 Å². The van der Waals surface area contributed by atoms with Gasteiger partial charge in [0.2, 0.25) is 0 Å². The molecule has 0 fully saturated rings. The number of rotatable bonds is 6. The van der Waals surface area contributed by atoms with Crippen LogP contribution in [0.25, 0.3) is 0 Å². The van der Waals surface area contributed by atoms with E-state index in [1.165, 1.54) is 14.0 Å². The average molecular weight is 321 g/mol. The zero-order valence-corrected chi connectivity index (χ0v) is 13.8. The SMILES string of the molecule is CNC(=O)[C@H](C)OC(=O)c1ccc(CNC(=O)NC(C)C)cc1. The van der Waals surface area contributed by atoms with Gasteiger partial charge in [-0.2, -0.15) is 0 Å². The molecule has 7 heteroatoms. The van der Waals surface area contributed by atoms with Crippen molar-refractivity contribution in [2.45, 2.75) is 39.5 Å². The number of urea groups is 1. The second-order valence-electron chi connectivity index (χ2n) is 5.34. The predicted molar refractivity (Wildman–Crippen MR) is 85.9 cm³/mol. The number of carbonyl (C=O) groups is 3. The standard InChI is InChI=1S/C16H23N3O4/c1-10(2)19-16(22)18-9-12-5-7-13(8-6-12)15(21)23-11(3)14(20)17-4/h5-8,10-11H,9H2,1-4H3,(H,17,20)(H2,18,19,22)/t11-/m0/s1. The largest absolute Gasteiger partial charge is 0.449 e. The molecule has 0 unspecified atom stereocenters. The number of benzene rings is 1. The van der Waals surface area contributed by atoms with Gasteiger partial charge in [-0.3, -0.25) is 4.79 Å². The van der Waals surface area contributed by atoms with Gasteiger partial charge in [0.15, 0.2) is 6.10 Å². The highest BCUT2D eigenvalue weighted by atomic mass is 16.5. The first-order chi connectivity index (χ1) is 10.8. The maximum Gasteiger partial charge on any atom is 0.338 e. The van der Waals surface area contributed by atoms with Crippen LogP contribution in [0.4, 0.5) is 4.79 Å². The molecule has 0 aliphatic heterocycles. The molecular weight excluding hydrogens is 298 g/mol. The van der Waals surface area contributed by atoms with E-state index in [2.05, 4.69) is 16.0 Å². The van der Waals surface area contributed by atoms with E-state index in [4.69, 9.17) is 4.74 Å². The normalized spacial score (nSPS) is 11.5. The number of hydrogen-bond donors (Lipinski definition) is 3. The van der Waals surface area contributed by atoms with Gasteiger partial charge in [0.05, 0.1) is 5.56 Å². The predicted octanol–water partition coefficient (Wildman–Crippen LogP) is 1.19. The minimum Gasteiger partial charge on any atom is -0.449 e. The lowest BCUT2D eigenvalue weighted by molar-refractivity contribution is -0.128. The fourth-order valence-electron chi connectivity index (χ4n) is 1.74. The van der Waals surface area contributed by atoms with Gasteiger partial charge in [-0.25, -0.2) is 9.59 Å². The van der Waals surface area contributed by atoms with Crippen LogP contribution < -0.4 is 16.0 Å². The Morgan fingerprint density at radius 3 is 2.22 bits per heavy atom. The molecule has 1 aromatic carbocycles. The van der Waals surface area contributed by atoms with Crippen molar-refractivity contribution < 1.29 is 19.1 Å². The minimum absolute atomic E-state index is 0.0643. The summed E-state index contributed by atoms with van der Waals surface area (Å²) < 4.78 is 5.04. The Labute approximate surface area is 135 Å². The molecular formula is C16H23N3O4. The van der Waals surface area contributed by atoms with Gasteiger partial charge in [0, 0.05) is 19.6 Å². The van der Waals surface area contributed by atoms with Gasteiger partial charge in [-0.05, 0) is 38.5 Å². The minimum atomic E-state index is -0.853. The van der Waals surface area contributed by atoms with Crippen molar-refractivity contribution in [2.75, 3.05) is 7.05 Å². The van der Waals surface area contributed by atoms with Crippen LogP contribution in [0.2, 0.25) is 0 Å². The van der Waals surface area contributed by atoms with Crippen LogP contribution in [0.5, 0.6) is 0 Å². The third-order valence-corrected chi connectivity index (χ3v) is 2.96. The average Bonchev–Trinajstić information content (AvgIpc) is 2.51. The van der Waals surface area contributed by atoms with E-state index in [1.807, 2.05) is 13.8 Å². The number of esters is 1. The number of hydrogen-bond acceptors (Lipinski definition) is 4. The molecule has 0 aromatic heterocycles. The summed E-state index contributed by atoms with van der Waals surface area (Å²) in [6.45, 7) is 5.60. The summed E-state index contributed by atoms with van der Waals surface area (Å²) in [6, 6.07) is 6.44. The van der Waals surface area contributed by atoms with E-state index in [0.29, 0.717) is 12.1 Å². The van der Waals surface area contributed by atoms with Crippen LogP contribution in [0.3, 0.4) is 0 Å². The Balaban J connectivity index is 2.54. The molecule has 1 atom stereocenters. The van der Waals surface area contributed by atoms with Crippen LogP contribution in [0.1, 0.15) is 36.7 Å². The molecule has 7 nitrogen and oxygen atoms in total. The maximum absolute atomic E-state index is 11.9. The van der Waals surface area contributed by atoms with Gasteiger partial charge in [-0.15, -0.1) is 0 Å². The fraction of sp³-hybridized carbons (Fsp3) is 0.438. The molecule has 23 heavy (non-hydrogen) atoms. The number of carbonyl (C=O) groups excluding carboxylic acids is 3.